The average Bonchev–Trinajstić information content (AvgIpc) is 2.11. The monoisotopic (exact) mass is 201 g/mol. The predicted molar refractivity (Wildman–Crippen MR) is 62.0 cm³/mol. The third kappa shape index (κ3) is 3.97. The lowest BCUT2D eigenvalue weighted by molar-refractivity contribution is -0.0750. The van der Waals surface area contributed by atoms with Crippen LogP contribution < -0.4 is 5.73 Å². The Morgan fingerprint density at radius 2 is 1.43 bits per heavy atom. The highest BCUT2D eigenvalue weighted by atomic mass is 16.3. The standard InChI is InChI=1S/C12H27NO/c1-5-7-9-11(3,4)12(13,14)10-8-6-2/h14H,5-10,13H2,1-4H3. The van der Waals surface area contributed by atoms with Gasteiger partial charge in [-0.25, -0.2) is 0 Å². The molecule has 1 atom stereocenters. The van der Waals surface area contributed by atoms with Crippen LogP contribution in [0.3, 0.4) is 0 Å². The maximum atomic E-state index is 10.2. The van der Waals surface area contributed by atoms with Gasteiger partial charge in [0.05, 0.1) is 0 Å². The van der Waals surface area contributed by atoms with Crippen LogP contribution in [0.4, 0.5) is 0 Å². The summed E-state index contributed by atoms with van der Waals surface area (Å²) in [6.45, 7) is 8.42. The molecule has 0 bridgehead atoms. The first-order valence-corrected chi connectivity index (χ1v) is 5.88. The summed E-state index contributed by atoms with van der Waals surface area (Å²) in [6, 6.07) is 0. The Balaban J connectivity index is 4.20. The second-order valence-corrected chi connectivity index (χ2v) is 5.02. The molecule has 86 valence electrons. The number of rotatable bonds is 7. The minimum absolute atomic E-state index is 0.168. The van der Waals surface area contributed by atoms with Crippen molar-refractivity contribution in [3.8, 4) is 0 Å². The van der Waals surface area contributed by atoms with Crippen LogP contribution in [0.2, 0.25) is 0 Å². The molecular formula is C12H27NO. The summed E-state index contributed by atoms with van der Waals surface area (Å²) in [7, 11) is 0. The van der Waals surface area contributed by atoms with Gasteiger partial charge in [0, 0.05) is 5.41 Å². The van der Waals surface area contributed by atoms with Gasteiger partial charge in [0.25, 0.3) is 0 Å². The Kier molecular flexibility index (Phi) is 5.68. The van der Waals surface area contributed by atoms with E-state index in [9.17, 15) is 5.11 Å². The van der Waals surface area contributed by atoms with Gasteiger partial charge in [-0.15, -0.1) is 0 Å². The predicted octanol–water partition coefficient (Wildman–Crippen LogP) is 3.04. The van der Waals surface area contributed by atoms with Crippen molar-refractivity contribution in [3.63, 3.8) is 0 Å². The van der Waals surface area contributed by atoms with Crippen LogP contribution in [-0.2, 0) is 0 Å². The molecule has 0 aromatic carbocycles. The second-order valence-electron chi connectivity index (χ2n) is 5.02. The first-order chi connectivity index (χ1) is 6.37. The van der Waals surface area contributed by atoms with Crippen molar-refractivity contribution >= 4 is 0 Å². The van der Waals surface area contributed by atoms with E-state index in [-0.39, 0.29) is 5.41 Å². The smallest absolute Gasteiger partial charge is 0.118 e. The summed E-state index contributed by atoms with van der Waals surface area (Å²) in [5.74, 6) is 0. The molecule has 0 saturated carbocycles. The molecule has 0 aliphatic heterocycles. The van der Waals surface area contributed by atoms with Crippen molar-refractivity contribution in [2.45, 2.75) is 71.9 Å². The van der Waals surface area contributed by atoms with Gasteiger partial charge in [-0.3, -0.25) is 0 Å². The SMILES string of the molecule is CCCCC(C)(C)C(N)(O)CCCC. The zero-order valence-corrected chi connectivity index (χ0v) is 10.3. The van der Waals surface area contributed by atoms with Crippen LogP contribution in [0, 0.1) is 5.41 Å². The highest BCUT2D eigenvalue weighted by molar-refractivity contribution is 4.87. The Morgan fingerprint density at radius 3 is 1.86 bits per heavy atom. The van der Waals surface area contributed by atoms with E-state index >= 15 is 0 Å². The van der Waals surface area contributed by atoms with E-state index in [4.69, 9.17) is 5.73 Å². The summed E-state index contributed by atoms with van der Waals surface area (Å²) >= 11 is 0. The molecule has 2 heteroatoms. The van der Waals surface area contributed by atoms with Crippen molar-refractivity contribution in [2.75, 3.05) is 0 Å². The van der Waals surface area contributed by atoms with Crippen molar-refractivity contribution in [2.24, 2.45) is 11.1 Å². The van der Waals surface area contributed by atoms with Gasteiger partial charge in [0.1, 0.15) is 5.72 Å². The Labute approximate surface area is 88.9 Å². The molecule has 3 N–H and O–H groups in total. The normalized spacial score (nSPS) is 16.7. The molecule has 0 saturated heterocycles. The molecule has 0 rings (SSSR count). The minimum Gasteiger partial charge on any atom is -0.376 e. The summed E-state index contributed by atoms with van der Waals surface area (Å²) < 4.78 is 0. The van der Waals surface area contributed by atoms with Gasteiger partial charge in [-0.2, -0.15) is 0 Å². The van der Waals surface area contributed by atoms with Crippen LogP contribution in [0.25, 0.3) is 0 Å². The van der Waals surface area contributed by atoms with Crippen LogP contribution in [0.5, 0.6) is 0 Å². The number of hydrogen-bond acceptors (Lipinski definition) is 2. The van der Waals surface area contributed by atoms with E-state index < -0.39 is 5.72 Å². The highest BCUT2D eigenvalue weighted by Crippen LogP contribution is 2.35. The fourth-order valence-corrected chi connectivity index (χ4v) is 1.62. The molecule has 0 aromatic rings. The molecule has 0 heterocycles. The lowest BCUT2D eigenvalue weighted by Crippen LogP contribution is -2.52. The molecule has 14 heavy (non-hydrogen) atoms. The van der Waals surface area contributed by atoms with E-state index in [1.807, 2.05) is 0 Å². The largest absolute Gasteiger partial charge is 0.376 e. The van der Waals surface area contributed by atoms with Crippen molar-refractivity contribution in [1.29, 1.82) is 0 Å². The molecule has 0 spiro atoms. The first kappa shape index (κ1) is 13.9. The number of hydrogen-bond donors (Lipinski definition) is 2. The van der Waals surface area contributed by atoms with E-state index in [0.717, 1.165) is 32.1 Å². The summed E-state index contributed by atoms with van der Waals surface area (Å²) in [4.78, 5) is 0. The fourth-order valence-electron chi connectivity index (χ4n) is 1.62. The summed E-state index contributed by atoms with van der Waals surface area (Å²) in [5, 5.41) is 10.2. The zero-order chi connectivity index (χ0) is 11.2. The van der Waals surface area contributed by atoms with Gasteiger partial charge < -0.3 is 10.8 Å². The summed E-state index contributed by atoms with van der Waals surface area (Å²) in [6.07, 6.45) is 6.10. The van der Waals surface area contributed by atoms with Crippen LogP contribution in [-0.4, -0.2) is 10.8 Å². The van der Waals surface area contributed by atoms with E-state index in [1.165, 1.54) is 0 Å². The topological polar surface area (TPSA) is 46.2 Å². The van der Waals surface area contributed by atoms with Crippen LogP contribution in [0.15, 0.2) is 0 Å². The molecule has 0 fully saturated rings. The Bertz CT molecular complexity index is 134. The van der Waals surface area contributed by atoms with Gasteiger partial charge in [0.2, 0.25) is 0 Å². The van der Waals surface area contributed by atoms with Crippen molar-refractivity contribution in [3.05, 3.63) is 0 Å². The summed E-state index contributed by atoms with van der Waals surface area (Å²) in [5.41, 5.74) is 4.81. The molecule has 0 amide bonds. The van der Waals surface area contributed by atoms with Crippen molar-refractivity contribution < 1.29 is 5.11 Å². The lowest BCUT2D eigenvalue weighted by Gasteiger charge is -2.40. The molecule has 2 nitrogen and oxygen atoms in total. The van der Waals surface area contributed by atoms with Crippen LogP contribution in [0.1, 0.15) is 66.2 Å². The number of nitrogens with two attached hydrogens (primary N) is 1. The average molecular weight is 201 g/mol. The second kappa shape index (κ2) is 5.72. The third-order valence-electron chi connectivity index (χ3n) is 3.24. The van der Waals surface area contributed by atoms with E-state index in [0.29, 0.717) is 6.42 Å². The van der Waals surface area contributed by atoms with E-state index in [1.54, 1.807) is 0 Å². The quantitative estimate of drug-likeness (QED) is 0.622. The lowest BCUT2D eigenvalue weighted by atomic mass is 9.75. The Morgan fingerprint density at radius 1 is 1.00 bits per heavy atom. The fraction of sp³-hybridized carbons (Fsp3) is 1.00. The molecule has 0 aromatic heterocycles. The molecule has 1 unspecified atom stereocenters. The van der Waals surface area contributed by atoms with E-state index in [2.05, 4.69) is 27.7 Å². The number of unbranched alkanes of at least 4 members (excludes halogenated alkanes) is 2. The third-order valence-corrected chi connectivity index (χ3v) is 3.24. The van der Waals surface area contributed by atoms with Gasteiger partial charge in [-0.1, -0.05) is 47.0 Å². The van der Waals surface area contributed by atoms with Gasteiger partial charge in [0.15, 0.2) is 0 Å². The molecule has 0 radical (unpaired) electrons. The van der Waals surface area contributed by atoms with Gasteiger partial charge >= 0.3 is 0 Å². The number of aliphatic hydroxyl groups is 1. The molecule has 0 aliphatic rings. The van der Waals surface area contributed by atoms with Crippen molar-refractivity contribution in [1.82, 2.24) is 0 Å². The maximum absolute atomic E-state index is 10.2. The molecule has 0 aliphatic carbocycles. The maximum Gasteiger partial charge on any atom is 0.118 e. The minimum atomic E-state index is -1.00. The highest BCUT2D eigenvalue weighted by Gasteiger charge is 2.38. The van der Waals surface area contributed by atoms with Crippen LogP contribution >= 0.6 is 0 Å². The first-order valence-electron chi connectivity index (χ1n) is 5.88. The zero-order valence-electron chi connectivity index (χ0n) is 10.3. The molecular weight excluding hydrogens is 174 g/mol. The Hall–Kier alpha value is -0.0800. The van der Waals surface area contributed by atoms with Gasteiger partial charge in [-0.05, 0) is 19.3 Å².